The van der Waals surface area contributed by atoms with Gasteiger partial charge in [0.2, 0.25) is 0 Å². The van der Waals surface area contributed by atoms with E-state index in [1.165, 1.54) is 16.7 Å². The Morgan fingerprint density at radius 1 is 1.32 bits per heavy atom. The molecule has 0 saturated heterocycles. The van der Waals surface area contributed by atoms with Crippen molar-refractivity contribution in [2.75, 3.05) is 13.7 Å². The topological polar surface area (TPSA) is 21.3 Å². The summed E-state index contributed by atoms with van der Waals surface area (Å²) in [6.45, 7) is 5.30. The van der Waals surface area contributed by atoms with Crippen LogP contribution < -0.4 is 10.1 Å². The van der Waals surface area contributed by atoms with Crippen LogP contribution in [0.1, 0.15) is 36.1 Å². The number of nitrogens with one attached hydrogen (secondary N) is 1. The lowest BCUT2D eigenvalue weighted by molar-refractivity contribution is 0.403. The van der Waals surface area contributed by atoms with Gasteiger partial charge in [0.15, 0.2) is 0 Å². The van der Waals surface area contributed by atoms with E-state index < -0.39 is 0 Å². The standard InChI is InChI=1S/C16H21NOS/c1-4-8-17-16(13-7-9-19-11-13)14-10-12(2)5-6-15(14)18-3/h5-7,9-11,16-17H,4,8H2,1-3H3. The number of methoxy groups -OCH3 is 1. The first kappa shape index (κ1) is 14.1. The predicted molar refractivity (Wildman–Crippen MR) is 82.2 cm³/mol. The van der Waals surface area contributed by atoms with Crippen LogP contribution in [0.5, 0.6) is 5.75 Å². The number of rotatable bonds is 6. The summed E-state index contributed by atoms with van der Waals surface area (Å²) in [5.74, 6) is 0.949. The molecule has 2 nitrogen and oxygen atoms in total. The highest BCUT2D eigenvalue weighted by atomic mass is 32.1. The SMILES string of the molecule is CCCNC(c1ccsc1)c1cc(C)ccc1OC. The molecular formula is C16H21NOS. The molecule has 0 amide bonds. The van der Waals surface area contributed by atoms with E-state index in [0.29, 0.717) is 0 Å². The Morgan fingerprint density at radius 2 is 2.16 bits per heavy atom. The first-order valence-corrected chi connectivity index (χ1v) is 7.60. The van der Waals surface area contributed by atoms with Gasteiger partial charge in [-0.2, -0.15) is 11.3 Å². The number of benzene rings is 1. The van der Waals surface area contributed by atoms with Crippen LogP contribution in [0.2, 0.25) is 0 Å². The summed E-state index contributed by atoms with van der Waals surface area (Å²) < 4.78 is 5.52. The molecule has 0 aliphatic rings. The normalized spacial score (nSPS) is 12.4. The zero-order valence-corrected chi connectivity index (χ0v) is 12.6. The van der Waals surface area contributed by atoms with Gasteiger partial charge in [0.25, 0.3) is 0 Å². The molecule has 0 spiro atoms. The summed E-state index contributed by atoms with van der Waals surface area (Å²) in [7, 11) is 1.73. The minimum Gasteiger partial charge on any atom is -0.496 e. The van der Waals surface area contributed by atoms with Crippen LogP contribution in [0.4, 0.5) is 0 Å². The third kappa shape index (κ3) is 3.37. The van der Waals surface area contributed by atoms with Crippen molar-refractivity contribution in [3.8, 4) is 5.75 Å². The molecule has 1 aromatic heterocycles. The Labute approximate surface area is 119 Å². The van der Waals surface area contributed by atoms with E-state index in [0.717, 1.165) is 18.7 Å². The fourth-order valence-electron chi connectivity index (χ4n) is 2.21. The van der Waals surface area contributed by atoms with Crippen LogP contribution >= 0.6 is 11.3 Å². The minimum atomic E-state index is 0.209. The Hall–Kier alpha value is -1.32. The highest BCUT2D eigenvalue weighted by Gasteiger charge is 2.18. The molecule has 0 radical (unpaired) electrons. The smallest absolute Gasteiger partial charge is 0.123 e. The summed E-state index contributed by atoms with van der Waals surface area (Å²) in [5, 5.41) is 7.94. The van der Waals surface area contributed by atoms with Crippen molar-refractivity contribution in [1.29, 1.82) is 0 Å². The first-order valence-electron chi connectivity index (χ1n) is 6.66. The number of hydrogen-bond donors (Lipinski definition) is 1. The van der Waals surface area contributed by atoms with Crippen molar-refractivity contribution in [3.63, 3.8) is 0 Å². The summed E-state index contributed by atoms with van der Waals surface area (Å²) in [6.07, 6.45) is 1.12. The monoisotopic (exact) mass is 275 g/mol. The van der Waals surface area contributed by atoms with E-state index in [4.69, 9.17) is 4.74 Å². The van der Waals surface area contributed by atoms with Crippen molar-refractivity contribution in [3.05, 3.63) is 51.7 Å². The molecule has 1 aromatic carbocycles. The predicted octanol–water partition coefficient (Wildman–Crippen LogP) is 4.15. The van der Waals surface area contributed by atoms with Gasteiger partial charge in [0, 0.05) is 5.56 Å². The Balaban J connectivity index is 2.39. The average Bonchev–Trinajstić information content (AvgIpc) is 2.93. The third-order valence-electron chi connectivity index (χ3n) is 3.17. The number of thiophene rings is 1. The van der Waals surface area contributed by atoms with Gasteiger partial charge in [-0.25, -0.2) is 0 Å². The molecule has 1 unspecified atom stereocenters. The van der Waals surface area contributed by atoms with Crippen LogP contribution in [0.15, 0.2) is 35.0 Å². The van der Waals surface area contributed by atoms with Gasteiger partial charge in [-0.1, -0.05) is 24.6 Å². The highest BCUT2D eigenvalue weighted by molar-refractivity contribution is 7.08. The molecule has 0 bridgehead atoms. The van der Waals surface area contributed by atoms with Crippen LogP contribution in [-0.2, 0) is 0 Å². The first-order chi connectivity index (χ1) is 9.26. The highest BCUT2D eigenvalue weighted by Crippen LogP contribution is 2.31. The molecule has 2 aromatic rings. The Kier molecular flexibility index (Phi) is 5.00. The third-order valence-corrected chi connectivity index (χ3v) is 3.87. The van der Waals surface area contributed by atoms with Crippen LogP contribution in [0.25, 0.3) is 0 Å². The molecule has 3 heteroatoms. The lowest BCUT2D eigenvalue weighted by Crippen LogP contribution is -2.23. The summed E-state index contributed by atoms with van der Waals surface area (Å²) in [6, 6.07) is 8.75. The van der Waals surface area contributed by atoms with Crippen LogP contribution in [0.3, 0.4) is 0 Å². The molecule has 0 aliphatic heterocycles. The van der Waals surface area contributed by atoms with E-state index in [-0.39, 0.29) is 6.04 Å². The molecule has 1 N–H and O–H groups in total. The number of aryl methyl sites for hydroxylation is 1. The Morgan fingerprint density at radius 3 is 2.79 bits per heavy atom. The zero-order valence-electron chi connectivity index (χ0n) is 11.8. The van der Waals surface area contributed by atoms with Crippen molar-refractivity contribution in [2.45, 2.75) is 26.3 Å². The molecule has 102 valence electrons. The maximum Gasteiger partial charge on any atom is 0.123 e. The van der Waals surface area contributed by atoms with Gasteiger partial charge >= 0.3 is 0 Å². The van der Waals surface area contributed by atoms with E-state index in [9.17, 15) is 0 Å². The van der Waals surface area contributed by atoms with Crippen molar-refractivity contribution < 1.29 is 4.74 Å². The molecule has 0 aliphatic carbocycles. The molecule has 0 saturated carbocycles. The molecule has 0 fully saturated rings. The number of hydrogen-bond acceptors (Lipinski definition) is 3. The molecule has 2 rings (SSSR count). The number of ether oxygens (including phenoxy) is 1. The molecule has 1 atom stereocenters. The summed E-state index contributed by atoms with van der Waals surface area (Å²) >= 11 is 1.73. The van der Waals surface area contributed by atoms with E-state index in [1.54, 1.807) is 18.4 Å². The largest absolute Gasteiger partial charge is 0.496 e. The quantitative estimate of drug-likeness (QED) is 0.855. The van der Waals surface area contributed by atoms with Crippen LogP contribution in [-0.4, -0.2) is 13.7 Å². The summed E-state index contributed by atoms with van der Waals surface area (Å²) in [5.41, 5.74) is 3.78. The zero-order chi connectivity index (χ0) is 13.7. The van der Waals surface area contributed by atoms with Gasteiger partial charge in [-0.05, 0) is 48.3 Å². The fourth-order valence-corrected chi connectivity index (χ4v) is 2.90. The van der Waals surface area contributed by atoms with Crippen molar-refractivity contribution in [1.82, 2.24) is 5.32 Å². The second-order valence-corrected chi connectivity index (χ2v) is 5.47. The van der Waals surface area contributed by atoms with Crippen molar-refractivity contribution >= 4 is 11.3 Å². The average molecular weight is 275 g/mol. The lowest BCUT2D eigenvalue weighted by Gasteiger charge is -2.21. The second-order valence-electron chi connectivity index (χ2n) is 4.69. The van der Waals surface area contributed by atoms with E-state index in [1.807, 2.05) is 0 Å². The minimum absolute atomic E-state index is 0.209. The maximum atomic E-state index is 5.52. The van der Waals surface area contributed by atoms with Gasteiger partial charge in [0.05, 0.1) is 13.2 Å². The second kappa shape index (κ2) is 6.73. The summed E-state index contributed by atoms with van der Waals surface area (Å²) in [4.78, 5) is 0. The van der Waals surface area contributed by atoms with Crippen LogP contribution in [0, 0.1) is 6.92 Å². The van der Waals surface area contributed by atoms with Gasteiger partial charge < -0.3 is 10.1 Å². The molecule has 19 heavy (non-hydrogen) atoms. The Bertz CT molecular complexity index is 507. The van der Waals surface area contributed by atoms with E-state index >= 15 is 0 Å². The van der Waals surface area contributed by atoms with E-state index in [2.05, 4.69) is 54.2 Å². The molecule has 1 heterocycles. The fraction of sp³-hybridized carbons (Fsp3) is 0.375. The van der Waals surface area contributed by atoms with Gasteiger partial charge in [0.1, 0.15) is 5.75 Å². The van der Waals surface area contributed by atoms with Gasteiger partial charge in [-0.3, -0.25) is 0 Å². The maximum absolute atomic E-state index is 5.52. The van der Waals surface area contributed by atoms with Crippen molar-refractivity contribution in [2.24, 2.45) is 0 Å². The lowest BCUT2D eigenvalue weighted by atomic mass is 9.98. The molecular weight excluding hydrogens is 254 g/mol. The van der Waals surface area contributed by atoms with Gasteiger partial charge in [-0.15, -0.1) is 0 Å².